The van der Waals surface area contributed by atoms with Crippen LogP contribution in [-0.4, -0.2) is 5.11 Å². The van der Waals surface area contributed by atoms with Crippen molar-refractivity contribution >= 4 is 0 Å². The van der Waals surface area contributed by atoms with E-state index in [1.54, 1.807) is 6.07 Å². The molecular formula is C13H12O2. The quantitative estimate of drug-likeness (QED) is 0.804. The fourth-order valence-corrected chi connectivity index (χ4v) is 1.28. The van der Waals surface area contributed by atoms with Gasteiger partial charge in [0.2, 0.25) is 0 Å². The molecule has 0 radical (unpaired) electrons. The molecule has 0 bridgehead atoms. The van der Waals surface area contributed by atoms with E-state index in [9.17, 15) is 5.11 Å². The number of phenolic OH excluding ortho intramolecular Hbond substituents is 1. The third-order valence-electron chi connectivity index (χ3n) is 2.16. The zero-order valence-corrected chi connectivity index (χ0v) is 8.47. The summed E-state index contributed by atoms with van der Waals surface area (Å²) in [5.74, 6) is 1.66. The summed E-state index contributed by atoms with van der Waals surface area (Å²) in [7, 11) is 0. The van der Waals surface area contributed by atoms with Gasteiger partial charge in [0.05, 0.1) is 0 Å². The molecule has 0 fully saturated rings. The van der Waals surface area contributed by atoms with E-state index in [2.05, 4.69) is 0 Å². The van der Waals surface area contributed by atoms with Gasteiger partial charge in [-0.2, -0.15) is 0 Å². The first-order chi connectivity index (χ1) is 7.25. The van der Waals surface area contributed by atoms with Gasteiger partial charge >= 0.3 is 0 Å². The fourth-order valence-electron chi connectivity index (χ4n) is 1.28. The number of phenols is 1. The average Bonchev–Trinajstić information content (AvgIpc) is 2.25. The van der Waals surface area contributed by atoms with E-state index in [0.717, 1.165) is 11.3 Å². The standard InChI is InChI=1S/C13H12O2/c1-10-7-8-12(9-13(10)14)15-11-5-3-2-4-6-11/h2-9,14H,1H3. The van der Waals surface area contributed by atoms with Crippen LogP contribution < -0.4 is 4.74 Å². The third kappa shape index (κ3) is 2.29. The Labute approximate surface area is 88.8 Å². The second-order valence-electron chi connectivity index (χ2n) is 3.36. The number of para-hydroxylation sites is 1. The summed E-state index contributed by atoms with van der Waals surface area (Å²) in [6, 6.07) is 14.8. The largest absolute Gasteiger partial charge is 0.508 e. The number of benzene rings is 2. The van der Waals surface area contributed by atoms with Crippen LogP contribution in [0.25, 0.3) is 0 Å². The molecule has 2 rings (SSSR count). The monoisotopic (exact) mass is 200 g/mol. The molecule has 0 amide bonds. The Bertz CT molecular complexity index is 449. The molecule has 0 heterocycles. The minimum atomic E-state index is 0.253. The van der Waals surface area contributed by atoms with Crippen LogP contribution in [0.4, 0.5) is 0 Å². The highest BCUT2D eigenvalue weighted by Crippen LogP contribution is 2.26. The maximum atomic E-state index is 9.50. The number of hydrogen-bond donors (Lipinski definition) is 1. The highest BCUT2D eigenvalue weighted by molar-refractivity contribution is 5.40. The van der Waals surface area contributed by atoms with Gasteiger partial charge in [-0.05, 0) is 30.7 Å². The lowest BCUT2D eigenvalue weighted by Gasteiger charge is -2.06. The second kappa shape index (κ2) is 4.05. The number of ether oxygens (including phenoxy) is 1. The van der Waals surface area contributed by atoms with E-state index in [4.69, 9.17) is 4.74 Å². The van der Waals surface area contributed by atoms with E-state index in [0.29, 0.717) is 5.75 Å². The first kappa shape index (κ1) is 9.59. The van der Waals surface area contributed by atoms with Crippen LogP contribution in [0, 0.1) is 6.92 Å². The Balaban J connectivity index is 2.22. The van der Waals surface area contributed by atoms with Gasteiger partial charge in [0.15, 0.2) is 0 Å². The normalized spacial score (nSPS) is 9.93. The maximum Gasteiger partial charge on any atom is 0.131 e. The molecule has 0 saturated heterocycles. The third-order valence-corrected chi connectivity index (χ3v) is 2.16. The molecule has 0 unspecified atom stereocenters. The Kier molecular flexibility index (Phi) is 2.59. The highest BCUT2D eigenvalue weighted by atomic mass is 16.5. The van der Waals surface area contributed by atoms with Crippen molar-refractivity contribution < 1.29 is 9.84 Å². The molecule has 0 aromatic heterocycles. The minimum Gasteiger partial charge on any atom is -0.508 e. The summed E-state index contributed by atoms with van der Waals surface area (Å²) in [5, 5.41) is 9.50. The van der Waals surface area contributed by atoms with E-state index >= 15 is 0 Å². The summed E-state index contributed by atoms with van der Waals surface area (Å²) < 4.78 is 5.55. The molecule has 15 heavy (non-hydrogen) atoms. The van der Waals surface area contributed by atoms with Crippen LogP contribution in [0.15, 0.2) is 48.5 Å². The van der Waals surface area contributed by atoms with Crippen LogP contribution in [0.2, 0.25) is 0 Å². The Hall–Kier alpha value is -1.96. The van der Waals surface area contributed by atoms with Crippen molar-refractivity contribution in [2.24, 2.45) is 0 Å². The van der Waals surface area contributed by atoms with E-state index in [-0.39, 0.29) is 5.75 Å². The molecular weight excluding hydrogens is 188 g/mol. The Morgan fingerprint density at radius 3 is 2.33 bits per heavy atom. The van der Waals surface area contributed by atoms with Crippen LogP contribution in [0.5, 0.6) is 17.2 Å². The minimum absolute atomic E-state index is 0.253. The Morgan fingerprint density at radius 2 is 1.67 bits per heavy atom. The molecule has 0 atom stereocenters. The molecule has 0 saturated carbocycles. The first-order valence-corrected chi connectivity index (χ1v) is 4.78. The van der Waals surface area contributed by atoms with Crippen molar-refractivity contribution in [3.63, 3.8) is 0 Å². The molecule has 0 aliphatic carbocycles. The lowest BCUT2D eigenvalue weighted by Crippen LogP contribution is -1.84. The lowest BCUT2D eigenvalue weighted by molar-refractivity contribution is 0.452. The van der Waals surface area contributed by atoms with Gasteiger partial charge in [-0.3, -0.25) is 0 Å². The smallest absolute Gasteiger partial charge is 0.131 e. The molecule has 76 valence electrons. The van der Waals surface area contributed by atoms with Crippen molar-refractivity contribution in [2.45, 2.75) is 6.92 Å². The predicted octanol–water partition coefficient (Wildman–Crippen LogP) is 3.49. The maximum absolute atomic E-state index is 9.50. The van der Waals surface area contributed by atoms with Crippen LogP contribution in [0.1, 0.15) is 5.56 Å². The van der Waals surface area contributed by atoms with Crippen molar-refractivity contribution in [2.75, 3.05) is 0 Å². The van der Waals surface area contributed by atoms with Gasteiger partial charge in [-0.25, -0.2) is 0 Å². The van der Waals surface area contributed by atoms with Gasteiger partial charge in [0.1, 0.15) is 17.2 Å². The van der Waals surface area contributed by atoms with Gasteiger partial charge < -0.3 is 9.84 Å². The second-order valence-corrected chi connectivity index (χ2v) is 3.36. The molecule has 0 aliphatic heterocycles. The van der Waals surface area contributed by atoms with Crippen LogP contribution in [-0.2, 0) is 0 Å². The number of aromatic hydroxyl groups is 1. The van der Waals surface area contributed by atoms with Gasteiger partial charge in [-0.15, -0.1) is 0 Å². The van der Waals surface area contributed by atoms with Gasteiger partial charge in [-0.1, -0.05) is 24.3 Å². The summed E-state index contributed by atoms with van der Waals surface area (Å²) in [5.41, 5.74) is 0.843. The molecule has 2 aromatic rings. The van der Waals surface area contributed by atoms with E-state index < -0.39 is 0 Å². The fraction of sp³-hybridized carbons (Fsp3) is 0.0769. The molecule has 0 aliphatic rings. The lowest BCUT2D eigenvalue weighted by atomic mass is 10.2. The molecule has 2 heteroatoms. The van der Waals surface area contributed by atoms with Crippen LogP contribution in [0.3, 0.4) is 0 Å². The molecule has 1 N–H and O–H groups in total. The van der Waals surface area contributed by atoms with E-state index in [1.165, 1.54) is 0 Å². The number of hydrogen-bond acceptors (Lipinski definition) is 2. The van der Waals surface area contributed by atoms with Crippen molar-refractivity contribution in [3.05, 3.63) is 54.1 Å². The predicted molar refractivity (Wildman–Crippen MR) is 59.4 cm³/mol. The highest BCUT2D eigenvalue weighted by Gasteiger charge is 2.00. The number of rotatable bonds is 2. The van der Waals surface area contributed by atoms with Crippen LogP contribution >= 0.6 is 0 Å². The summed E-state index contributed by atoms with van der Waals surface area (Å²) in [4.78, 5) is 0. The molecule has 0 spiro atoms. The molecule has 2 nitrogen and oxygen atoms in total. The van der Waals surface area contributed by atoms with Gasteiger partial charge in [0, 0.05) is 6.07 Å². The van der Waals surface area contributed by atoms with Crippen molar-refractivity contribution in [3.8, 4) is 17.2 Å². The number of aryl methyl sites for hydroxylation is 1. The SMILES string of the molecule is Cc1ccc(Oc2ccccc2)cc1O. The zero-order chi connectivity index (χ0) is 10.7. The first-order valence-electron chi connectivity index (χ1n) is 4.78. The Morgan fingerprint density at radius 1 is 0.933 bits per heavy atom. The van der Waals surface area contributed by atoms with Crippen molar-refractivity contribution in [1.82, 2.24) is 0 Å². The summed E-state index contributed by atoms with van der Waals surface area (Å²) in [6.07, 6.45) is 0. The van der Waals surface area contributed by atoms with E-state index in [1.807, 2.05) is 49.4 Å². The average molecular weight is 200 g/mol. The van der Waals surface area contributed by atoms with Crippen molar-refractivity contribution in [1.29, 1.82) is 0 Å². The van der Waals surface area contributed by atoms with Gasteiger partial charge in [0.25, 0.3) is 0 Å². The summed E-state index contributed by atoms with van der Waals surface area (Å²) in [6.45, 7) is 1.85. The molecule has 2 aromatic carbocycles. The summed E-state index contributed by atoms with van der Waals surface area (Å²) >= 11 is 0. The topological polar surface area (TPSA) is 29.5 Å². The zero-order valence-electron chi connectivity index (χ0n) is 8.47.